The molecule has 0 spiro atoms. The molecule has 1 aliphatic rings. The molecule has 1 unspecified atom stereocenters. The summed E-state index contributed by atoms with van der Waals surface area (Å²) in [4.78, 5) is 4.93. The molecule has 1 heterocycles. The zero-order valence-electron chi connectivity index (χ0n) is 12.3. The monoisotopic (exact) mass is 312 g/mol. The molecule has 0 saturated carbocycles. The highest BCUT2D eigenvalue weighted by molar-refractivity contribution is 7.90. The van der Waals surface area contributed by atoms with Gasteiger partial charge in [-0.1, -0.05) is 20.8 Å². The highest BCUT2D eigenvalue weighted by Crippen LogP contribution is 2.37. The van der Waals surface area contributed by atoms with Crippen LogP contribution in [0.5, 0.6) is 5.75 Å². The van der Waals surface area contributed by atoms with Crippen molar-refractivity contribution in [3.8, 4) is 5.75 Å². The molecule has 1 aliphatic heterocycles. The Morgan fingerprint density at radius 3 is 2.57 bits per heavy atom. The molecule has 0 fully saturated rings. The van der Waals surface area contributed by atoms with Crippen LogP contribution in [0, 0.1) is 5.92 Å². The molecule has 0 saturated heterocycles. The lowest BCUT2D eigenvalue weighted by atomic mass is 10.0. The Bertz CT molecular complexity index is 683. The minimum atomic E-state index is -3.75. The van der Waals surface area contributed by atoms with Crippen molar-refractivity contribution in [3.05, 3.63) is 17.7 Å². The Labute approximate surface area is 124 Å². The second-order valence-corrected chi connectivity index (χ2v) is 6.82. The minimum absolute atomic E-state index is 0.0484. The van der Waals surface area contributed by atoms with Crippen molar-refractivity contribution in [3.63, 3.8) is 0 Å². The molecule has 0 aliphatic carbocycles. The highest BCUT2D eigenvalue weighted by atomic mass is 32.2. The normalized spacial score (nSPS) is 17.7. The summed E-state index contributed by atoms with van der Waals surface area (Å²) >= 11 is 0. The third kappa shape index (κ3) is 2.87. The standard InChI is InChI=1S/C13H20N4O3S/c1-4-9(14)8-5-12-10(6-11(8)20-15)16-13(7(2)3)17-21(12,18)19/h5-7,9H,4,14-15H2,1-3H3,(H,16,17). The summed E-state index contributed by atoms with van der Waals surface area (Å²) in [5.41, 5.74) is 6.93. The topological polar surface area (TPSA) is 120 Å². The second kappa shape index (κ2) is 5.63. The van der Waals surface area contributed by atoms with Crippen molar-refractivity contribution >= 4 is 21.5 Å². The maximum absolute atomic E-state index is 12.3. The molecule has 2 rings (SSSR count). The first kappa shape index (κ1) is 15.7. The predicted octanol–water partition coefficient (Wildman–Crippen LogP) is 1.52. The second-order valence-electron chi connectivity index (χ2n) is 5.25. The van der Waals surface area contributed by atoms with Crippen molar-refractivity contribution in [2.45, 2.75) is 38.1 Å². The molecule has 116 valence electrons. The van der Waals surface area contributed by atoms with E-state index in [0.717, 1.165) is 0 Å². The average molecular weight is 312 g/mol. The van der Waals surface area contributed by atoms with Gasteiger partial charge in [0.2, 0.25) is 0 Å². The summed E-state index contributed by atoms with van der Waals surface area (Å²) in [7, 11) is -3.75. The van der Waals surface area contributed by atoms with Crippen molar-refractivity contribution in [2.24, 2.45) is 21.9 Å². The van der Waals surface area contributed by atoms with E-state index in [9.17, 15) is 8.42 Å². The number of hydrogen-bond donors (Lipinski definition) is 3. The zero-order chi connectivity index (χ0) is 15.8. The Morgan fingerprint density at radius 2 is 2.05 bits per heavy atom. The van der Waals surface area contributed by atoms with Gasteiger partial charge in [-0.05, 0) is 12.5 Å². The molecule has 21 heavy (non-hydrogen) atoms. The molecule has 0 aromatic heterocycles. The van der Waals surface area contributed by atoms with E-state index in [4.69, 9.17) is 16.5 Å². The van der Waals surface area contributed by atoms with Gasteiger partial charge < -0.3 is 15.9 Å². The summed E-state index contributed by atoms with van der Waals surface area (Å²) < 4.78 is 28.4. The number of rotatable bonds is 4. The average Bonchev–Trinajstić information content (AvgIpc) is 2.44. The lowest BCUT2D eigenvalue weighted by Crippen LogP contribution is -2.26. The molecule has 5 N–H and O–H groups in total. The van der Waals surface area contributed by atoms with Gasteiger partial charge in [0.15, 0.2) is 5.75 Å². The molecule has 1 aromatic rings. The summed E-state index contributed by atoms with van der Waals surface area (Å²) in [6.45, 7) is 5.61. The Hall–Kier alpha value is -1.64. The SMILES string of the molecule is CCC(N)c1cc2c(cc1ON)NC(C(C)C)=NS2(=O)=O. The van der Waals surface area contributed by atoms with Crippen LogP contribution in [0.15, 0.2) is 21.4 Å². The van der Waals surface area contributed by atoms with Crippen LogP contribution in [0.2, 0.25) is 0 Å². The highest BCUT2D eigenvalue weighted by Gasteiger charge is 2.29. The number of benzene rings is 1. The number of hydrogen-bond acceptors (Lipinski definition) is 6. The van der Waals surface area contributed by atoms with Gasteiger partial charge in [0.05, 0.1) is 5.69 Å². The summed E-state index contributed by atoms with van der Waals surface area (Å²) in [6.07, 6.45) is 0.628. The van der Waals surface area contributed by atoms with E-state index < -0.39 is 10.0 Å². The van der Waals surface area contributed by atoms with E-state index in [0.29, 0.717) is 29.3 Å². The van der Waals surface area contributed by atoms with Crippen molar-refractivity contribution in [1.29, 1.82) is 0 Å². The van der Waals surface area contributed by atoms with Crippen LogP contribution in [0.4, 0.5) is 5.69 Å². The number of amidine groups is 1. The molecule has 8 heteroatoms. The van der Waals surface area contributed by atoms with E-state index in [2.05, 4.69) is 9.71 Å². The van der Waals surface area contributed by atoms with Gasteiger partial charge in [0.25, 0.3) is 10.0 Å². The number of nitrogens with zero attached hydrogens (tertiary/aromatic N) is 1. The third-order valence-electron chi connectivity index (χ3n) is 3.38. The molecule has 0 bridgehead atoms. The lowest BCUT2D eigenvalue weighted by Gasteiger charge is -2.23. The Kier molecular flexibility index (Phi) is 4.22. The van der Waals surface area contributed by atoms with Crippen LogP contribution in [0.3, 0.4) is 0 Å². The van der Waals surface area contributed by atoms with Gasteiger partial charge in [-0.3, -0.25) is 0 Å². The zero-order valence-corrected chi connectivity index (χ0v) is 13.1. The summed E-state index contributed by atoms with van der Waals surface area (Å²) in [6, 6.07) is 2.67. The molecule has 0 radical (unpaired) electrons. The van der Waals surface area contributed by atoms with E-state index in [1.807, 2.05) is 20.8 Å². The fraction of sp³-hybridized carbons (Fsp3) is 0.462. The Balaban J connectivity index is 2.63. The maximum Gasteiger partial charge on any atom is 0.286 e. The fourth-order valence-corrected chi connectivity index (χ4v) is 3.37. The largest absolute Gasteiger partial charge is 0.411 e. The van der Waals surface area contributed by atoms with Gasteiger partial charge in [-0.2, -0.15) is 14.3 Å². The smallest absolute Gasteiger partial charge is 0.286 e. The third-order valence-corrected chi connectivity index (χ3v) is 4.71. The molecule has 0 amide bonds. The maximum atomic E-state index is 12.3. The molecule has 1 aromatic carbocycles. The van der Waals surface area contributed by atoms with E-state index >= 15 is 0 Å². The van der Waals surface area contributed by atoms with Crippen LogP contribution in [-0.2, 0) is 10.0 Å². The number of anilines is 1. The van der Waals surface area contributed by atoms with Crippen LogP contribution in [0.1, 0.15) is 38.8 Å². The summed E-state index contributed by atoms with van der Waals surface area (Å²) in [5.74, 6) is 5.97. The fourth-order valence-electron chi connectivity index (χ4n) is 2.09. The van der Waals surface area contributed by atoms with Gasteiger partial charge >= 0.3 is 0 Å². The number of nitrogens with one attached hydrogen (secondary N) is 1. The number of sulfonamides is 1. The Morgan fingerprint density at radius 1 is 1.38 bits per heavy atom. The lowest BCUT2D eigenvalue weighted by molar-refractivity contribution is 0.328. The molecular weight excluding hydrogens is 292 g/mol. The molecular formula is C13H20N4O3S. The van der Waals surface area contributed by atoms with Crippen molar-refractivity contribution in [1.82, 2.24) is 0 Å². The molecule has 7 nitrogen and oxygen atoms in total. The number of nitrogens with two attached hydrogens (primary N) is 2. The first-order valence-corrected chi connectivity index (χ1v) is 8.16. The molecule has 1 atom stereocenters. The van der Waals surface area contributed by atoms with Gasteiger partial charge in [-0.15, -0.1) is 4.40 Å². The van der Waals surface area contributed by atoms with E-state index in [1.165, 1.54) is 6.07 Å². The van der Waals surface area contributed by atoms with Gasteiger partial charge in [0.1, 0.15) is 10.7 Å². The minimum Gasteiger partial charge on any atom is -0.411 e. The predicted molar refractivity (Wildman–Crippen MR) is 81.6 cm³/mol. The number of fused-ring (bicyclic) bond motifs is 1. The first-order chi connectivity index (χ1) is 9.80. The van der Waals surface area contributed by atoms with Crippen LogP contribution in [-0.4, -0.2) is 14.3 Å². The van der Waals surface area contributed by atoms with E-state index in [-0.39, 0.29) is 16.9 Å². The quantitative estimate of drug-likeness (QED) is 0.725. The van der Waals surface area contributed by atoms with E-state index in [1.54, 1.807) is 6.07 Å². The van der Waals surface area contributed by atoms with Crippen molar-refractivity contribution in [2.75, 3.05) is 5.32 Å². The van der Waals surface area contributed by atoms with Crippen LogP contribution < -0.4 is 21.8 Å². The van der Waals surface area contributed by atoms with Crippen LogP contribution >= 0.6 is 0 Å². The van der Waals surface area contributed by atoms with Gasteiger partial charge in [0, 0.05) is 23.6 Å². The van der Waals surface area contributed by atoms with Crippen LogP contribution in [0.25, 0.3) is 0 Å². The van der Waals surface area contributed by atoms with Gasteiger partial charge in [-0.25, -0.2) is 0 Å². The first-order valence-electron chi connectivity index (χ1n) is 6.72. The summed E-state index contributed by atoms with van der Waals surface area (Å²) in [5, 5.41) is 3.01. The van der Waals surface area contributed by atoms with Crippen molar-refractivity contribution < 1.29 is 13.3 Å².